The summed E-state index contributed by atoms with van der Waals surface area (Å²) in [5.41, 5.74) is 4.81. The van der Waals surface area contributed by atoms with E-state index in [1.165, 1.54) is 12.3 Å². The van der Waals surface area contributed by atoms with E-state index < -0.39 is 0 Å². The van der Waals surface area contributed by atoms with Crippen LogP contribution in [0.1, 0.15) is 22.5 Å². The second-order valence-corrected chi connectivity index (χ2v) is 5.11. The number of rotatable bonds is 2. The first kappa shape index (κ1) is 13.3. The minimum atomic E-state index is -0.331. The Hall–Kier alpha value is -2.67. The van der Waals surface area contributed by atoms with E-state index in [0.29, 0.717) is 12.1 Å². The van der Waals surface area contributed by atoms with E-state index in [9.17, 15) is 4.39 Å². The summed E-state index contributed by atoms with van der Waals surface area (Å²) in [4.78, 5) is 4.12. The fourth-order valence-corrected chi connectivity index (χ4v) is 2.59. The van der Waals surface area contributed by atoms with Crippen LogP contribution in [0.25, 0.3) is 10.9 Å². The van der Waals surface area contributed by atoms with Crippen LogP contribution >= 0.6 is 0 Å². The zero-order valence-electron chi connectivity index (χ0n) is 11.9. The van der Waals surface area contributed by atoms with Gasteiger partial charge in [0.25, 0.3) is 0 Å². The molecule has 0 bridgehead atoms. The first-order valence-corrected chi connectivity index (χ1v) is 6.70. The Morgan fingerprint density at radius 3 is 2.71 bits per heavy atom. The Bertz CT molecular complexity index is 854. The molecule has 1 aromatic carbocycles. The van der Waals surface area contributed by atoms with E-state index in [1.807, 2.05) is 32.0 Å². The van der Waals surface area contributed by atoms with Gasteiger partial charge in [-0.3, -0.25) is 4.98 Å². The monoisotopic (exact) mass is 279 g/mol. The molecular formula is C17H14FN3. The third kappa shape index (κ3) is 2.27. The van der Waals surface area contributed by atoms with E-state index in [-0.39, 0.29) is 5.82 Å². The van der Waals surface area contributed by atoms with Crippen LogP contribution in [0, 0.1) is 31.0 Å². The number of pyridine rings is 1. The van der Waals surface area contributed by atoms with Gasteiger partial charge >= 0.3 is 0 Å². The van der Waals surface area contributed by atoms with Crippen LogP contribution in [0.2, 0.25) is 0 Å². The number of nitriles is 1. The molecule has 4 heteroatoms. The standard InChI is InChI=1S/C17H14FN3/c1-11-12(2)21(10-15-5-4-14(18)9-20-15)17-6-3-13(8-19)7-16(11)17/h3-7,9H,10H2,1-2H3. The lowest BCUT2D eigenvalue weighted by molar-refractivity contribution is 0.617. The normalized spacial score (nSPS) is 10.8. The zero-order chi connectivity index (χ0) is 15.0. The summed E-state index contributed by atoms with van der Waals surface area (Å²) in [6.45, 7) is 4.68. The molecule has 0 N–H and O–H groups in total. The van der Waals surface area contributed by atoms with Crippen LogP contribution < -0.4 is 0 Å². The second-order valence-electron chi connectivity index (χ2n) is 5.11. The van der Waals surface area contributed by atoms with Gasteiger partial charge in [0.1, 0.15) is 5.82 Å². The van der Waals surface area contributed by atoms with E-state index in [0.717, 1.165) is 27.9 Å². The van der Waals surface area contributed by atoms with Crippen LogP contribution in [-0.4, -0.2) is 9.55 Å². The third-order valence-corrected chi connectivity index (χ3v) is 3.88. The van der Waals surface area contributed by atoms with Gasteiger partial charge in [-0.05, 0) is 49.7 Å². The molecule has 0 amide bonds. The Balaban J connectivity index is 2.12. The Kier molecular flexibility index (Phi) is 3.19. The van der Waals surface area contributed by atoms with Gasteiger partial charge in [-0.25, -0.2) is 4.39 Å². The molecule has 2 heterocycles. The van der Waals surface area contributed by atoms with Gasteiger partial charge in [0.2, 0.25) is 0 Å². The lowest BCUT2D eigenvalue weighted by atomic mass is 10.1. The van der Waals surface area contributed by atoms with Crippen molar-refractivity contribution in [3.8, 4) is 6.07 Å². The van der Waals surface area contributed by atoms with Gasteiger partial charge in [0.05, 0.1) is 30.1 Å². The highest BCUT2D eigenvalue weighted by Gasteiger charge is 2.12. The van der Waals surface area contributed by atoms with Gasteiger partial charge in [-0.1, -0.05) is 0 Å². The molecule has 3 aromatic rings. The fourth-order valence-electron chi connectivity index (χ4n) is 2.59. The molecular weight excluding hydrogens is 265 g/mol. The van der Waals surface area contributed by atoms with E-state index >= 15 is 0 Å². The summed E-state index contributed by atoms with van der Waals surface area (Å²) < 4.78 is 15.1. The van der Waals surface area contributed by atoms with Crippen molar-refractivity contribution in [2.24, 2.45) is 0 Å². The summed E-state index contributed by atoms with van der Waals surface area (Å²) in [5.74, 6) is -0.331. The minimum Gasteiger partial charge on any atom is -0.339 e. The molecule has 0 fully saturated rings. The third-order valence-electron chi connectivity index (χ3n) is 3.88. The molecule has 0 atom stereocenters. The molecule has 104 valence electrons. The molecule has 0 unspecified atom stereocenters. The Labute approximate surface area is 122 Å². The van der Waals surface area contributed by atoms with E-state index in [2.05, 4.69) is 15.6 Å². The number of aryl methyl sites for hydroxylation is 1. The molecule has 21 heavy (non-hydrogen) atoms. The van der Waals surface area contributed by atoms with Gasteiger partial charge < -0.3 is 4.57 Å². The molecule has 0 saturated heterocycles. The molecule has 0 radical (unpaired) electrons. The molecule has 3 rings (SSSR count). The molecule has 0 aliphatic rings. The molecule has 2 aromatic heterocycles. The molecule has 0 saturated carbocycles. The maximum atomic E-state index is 12.9. The smallest absolute Gasteiger partial charge is 0.141 e. The number of aromatic nitrogens is 2. The number of fused-ring (bicyclic) bond motifs is 1. The maximum Gasteiger partial charge on any atom is 0.141 e. The predicted octanol–water partition coefficient (Wildman–Crippen LogP) is 3.71. The molecule has 0 aliphatic carbocycles. The Morgan fingerprint density at radius 2 is 2.05 bits per heavy atom. The van der Waals surface area contributed by atoms with Crippen LogP contribution in [-0.2, 0) is 6.54 Å². The second kappa shape index (κ2) is 5.02. The summed E-state index contributed by atoms with van der Waals surface area (Å²) in [5, 5.41) is 10.1. The Morgan fingerprint density at radius 1 is 1.24 bits per heavy atom. The summed E-state index contributed by atoms with van der Waals surface area (Å²) in [7, 11) is 0. The van der Waals surface area contributed by atoms with Crippen molar-refractivity contribution < 1.29 is 4.39 Å². The first-order valence-electron chi connectivity index (χ1n) is 6.70. The predicted molar refractivity (Wildman–Crippen MR) is 79.4 cm³/mol. The SMILES string of the molecule is Cc1c(C)n(Cc2ccc(F)cn2)c2ccc(C#N)cc12. The van der Waals surface area contributed by atoms with Gasteiger partial charge in [0, 0.05) is 16.6 Å². The quantitative estimate of drug-likeness (QED) is 0.717. The highest BCUT2D eigenvalue weighted by atomic mass is 19.1. The average molecular weight is 279 g/mol. The number of hydrogen-bond donors (Lipinski definition) is 0. The molecule has 3 nitrogen and oxygen atoms in total. The zero-order valence-corrected chi connectivity index (χ0v) is 11.9. The number of halogens is 1. The van der Waals surface area contributed by atoms with Crippen molar-refractivity contribution in [2.45, 2.75) is 20.4 Å². The summed E-state index contributed by atoms with van der Waals surface area (Å²) >= 11 is 0. The van der Waals surface area contributed by atoms with Crippen LogP contribution in [0.4, 0.5) is 4.39 Å². The van der Waals surface area contributed by atoms with Crippen molar-refractivity contribution in [3.63, 3.8) is 0 Å². The summed E-state index contributed by atoms with van der Waals surface area (Å²) in [6.07, 6.45) is 1.23. The topological polar surface area (TPSA) is 41.6 Å². The number of benzene rings is 1. The number of nitrogens with zero attached hydrogens (tertiary/aromatic N) is 3. The van der Waals surface area contributed by atoms with Crippen LogP contribution in [0.5, 0.6) is 0 Å². The van der Waals surface area contributed by atoms with E-state index in [4.69, 9.17) is 5.26 Å². The van der Waals surface area contributed by atoms with E-state index in [1.54, 1.807) is 6.07 Å². The first-order chi connectivity index (χ1) is 10.1. The van der Waals surface area contributed by atoms with Gasteiger partial charge in [-0.15, -0.1) is 0 Å². The minimum absolute atomic E-state index is 0.331. The lowest BCUT2D eigenvalue weighted by Crippen LogP contribution is -2.03. The van der Waals surface area contributed by atoms with Crippen LogP contribution in [0.3, 0.4) is 0 Å². The van der Waals surface area contributed by atoms with Crippen molar-refractivity contribution in [1.82, 2.24) is 9.55 Å². The van der Waals surface area contributed by atoms with Crippen LogP contribution in [0.15, 0.2) is 36.5 Å². The molecule has 0 spiro atoms. The van der Waals surface area contributed by atoms with Crippen molar-refractivity contribution in [2.75, 3.05) is 0 Å². The molecule has 0 aliphatic heterocycles. The highest BCUT2D eigenvalue weighted by molar-refractivity contribution is 5.86. The van der Waals surface area contributed by atoms with Gasteiger partial charge in [0.15, 0.2) is 0 Å². The van der Waals surface area contributed by atoms with Crippen molar-refractivity contribution >= 4 is 10.9 Å². The largest absolute Gasteiger partial charge is 0.339 e. The van der Waals surface area contributed by atoms with Crippen molar-refractivity contribution in [3.05, 3.63) is 64.9 Å². The fraction of sp³-hybridized carbons (Fsp3) is 0.176. The summed E-state index contributed by atoms with van der Waals surface area (Å²) in [6, 6.07) is 11.0. The van der Waals surface area contributed by atoms with Crippen molar-refractivity contribution in [1.29, 1.82) is 5.26 Å². The number of hydrogen-bond acceptors (Lipinski definition) is 2. The average Bonchev–Trinajstić information content (AvgIpc) is 2.74. The maximum absolute atomic E-state index is 12.9. The van der Waals surface area contributed by atoms with Gasteiger partial charge in [-0.2, -0.15) is 5.26 Å². The lowest BCUT2D eigenvalue weighted by Gasteiger charge is -2.08. The highest BCUT2D eigenvalue weighted by Crippen LogP contribution is 2.26.